The molecule has 2 saturated heterocycles. The van der Waals surface area contributed by atoms with E-state index in [0.717, 1.165) is 19.8 Å². The minimum atomic E-state index is 0.373. The third kappa shape index (κ3) is 0.700. The molecule has 1 atom stereocenters. The molecule has 2 aliphatic rings. The molecule has 0 amide bonds. The summed E-state index contributed by atoms with van der Waals surface area (Å²) in [6.07, 6.45) is 1.74. The number of rotatable bonds is 1. The van der Waals surface area contributed by atoms with E-state index in [2.05, 4.69) is 6.92 Å². The predicted molar refractivity (Wildman–Crippen MR) is 33.3 cm³/mol. The van der Waals surface area contributed by atoms with Crippen LogP contribution in [0.15, 0.2) is 0 Å². The van der Waals surface area contributed by atoms with E-state index in [9.17, 15) is 0 Å². The number of ether oxygens (including phenoxy) is 2. The highest BCUT2D eigenvalue weighted by atomic mass is 16.5. The van der Waals surface area contributed by atoms with Gasteiger partial charge in [-0.3, -0.25) is 0 Å². The van der Waals surface area contributed by atoms with E-state index in [1.165, 1.54) is 6.42 Å². The number of hydrogen-bond acceptors (Lipinski definition) is 2. The van der Waals surface area contributed by atoms with Crippen LogP contribution < -0.4 is 0 Å². The van der Waals surface area contributed by atoms with Crippen LogP contribution in [-0.4, -0.2) is 25.9 Å². The van der Waals surface area contributed by atoms with E-state index >= 15 is 0 Å². The third-order valence-electron chi connectivity index (χ3n) is 2.34. The van der Waals surface area contributed by atoms with Crippen molar-refractivity contribution in [1.82, 2.24) is 0 Å². The third-order valence-corrected chi connectivity index (χ3v) is 2.34. The molecule has 0 aromatic carbocycles. The molecule has 52 valence electrons. The Morgan fingerprint density at radius 1 is 1.44 bits per heavy atom. The average Bonchev–Trinajstić information content (AvgIpc) is 1.56. The van der Waals surface area contributed by atoms with Crippen LogP contribution >= 0.6 is 0 Å². The summed E-state index contributed by atoms with van der Waals surface area (Å²) in [6.45, 7) is 5.00. The van der Waals surface area contributed by atoms with Crippen molar-refractivity contribution < 1.29 is 9.47 Å². The first-order chi connectivity index (χ1) is 4.31. The summed E-state index contributed by atoms with van der Waals surface area (Å²) in [4.78, 5) is 0. The van der Waals surface area contributed by atoms with Crippen molar-refractivity contribution in [1.29, 1.82) is 0 Å². The van der Waals surface area contributed by atoms with E-state index in [1.807, 2.05) is 0 Å². The van der Waals surface area contributed by atoms with Crippen LogP contribution in [0.5, 0.6) is 0 Å². The van der Waals surface area contributed by atoms with Gasteiger partial charge in [0, 0.05) is 12.0 Å². The van der Waals surface area contributed by atoms with Crippen LogP contribution in [0.4, 0.5) is 0 Å². The molecule has 9 heavy (non-hydrogen) atoms. The lowest BCUT2D eigenvalue weighted by Crippen LogP contribution is -2.54. The van der Waals surface area contributed by atoms with Gasteiger partial charge in [0.15, 0.2) is 0 Å². The largest absolute Gasteiger partial charge is 0.380 e. The normalized spacial score (nSPS) is 39.0. The molecule has 2 rings (SSSR count). The molecule has 0 aromatic rings. The van der Waals surface area contributed by atoms with Gasteiger partial charge in [0.05, 0.1) is 19.3 Å². The molecule has 2 fully saturated rings. The lowest BCUT2D eigenvalue weighted by molar-refractivity contribution is -0.218. The first-order valence-corrected chi connectivity index (χ1v) is 3.51. The zero-order chi connectivity index (χ0) is 6.32. The van der Waals surface area contributed by atoms with Crippen LogP contribution in [-0.2, 0) is 9.47 Å². The highest BCUT2D eigenvalue weighted by Gasteiger charge is 2.44. The summed E-state index contributed by atoms with van der Waals surface area (Å²) in [5.74, 6) is 0. The summed E-state index contributed by atoms with van der Waals surface area (Å²) in [5, 5.41) is 0. The summed E-state index contributed by atoms with van der Waals surface area (Å²) in [6, 6.07) is 0. The van der Waals surface area contributed by atoms with E-state index in [4.69, 9.17) is 9.47 Å². The molecule has 2 nitrogen and oxygen atoms in total. The summed E-state index contributed by atoms with van der Waals surface area (Å²) in [5.41, 5.74) is 0.373. The standard InChI is InChI=1S/C7H12O2/c1-7(4-8-5-7)6-2-3-9-6/h6H,2-5H2,1H3. The van der Waals surface area contributed by atoms with Gasteiger partial charge in [-0.15, -0.1) is 0 Å². The maximum Gasteiger partial charge on any atom is 0.0694 e. The summed E-state index contributed by atoms with van der Waals surface area (Å²) < 4.78 is 10.5. The lowest BCUT2D eigenvalue weighted by atomic mass is 9.79. The van der Waals surface area contributed by atoms with E-state index < -0.39 is 0 Å². The maximum atomic E-state index is 5.36. The van der Waals surface area contributed by atoms with Gasteiger partial charge in [-0.25, -0.2) is 0 Å². The van der Waals surface area contributed by atoms with Gasteiger partial charge in [-0.2, -0.15) is 0 Å². The second-order valence-corrected chi connectivity index (χ2v) is 3.29. The minimum Gasteiger partial charge on any atom is -0.380 e. The SMILES string of the molecule is CC1(C2CCO2)COC1. The predicted octanol–water partition coefficient (Wildman–Crippen LogP) is 0.812. The van der Waals surface area contributed by atoms with Crippen molar-refractivity contribution in [3.63, 3.8) is 0 Å². The first-order valence-electron chi connectivity index (χ1n) is 3.51. The zero-order valence-electron chi connectivity index (χ0n) is 5.72. The molecule has 0 aliphatic carbocycles. The van der Waals surface area contributed by atoms with E-state index in [1.54, 1.807) is 0 Å². The van der Waals surface area contributed by atoms with Gasteiger partial charge < -0.3 is 9.47 Å². The summed E-state index contributed by atoms with van der Waals surface area (Å²) in [7, 11) is 0. The van der Waals surface area contributed by atoms with Gasteiger partial charge in [-0.1, -0.05) is 6.92 Å². The second kappa shape index (κ2) is 1.70. The van der Waals surface area contributed by atoms with Crippen LogP contribution in [0.25, 0.3) is 0 Å². The van der Waals surface area contributed by atoms with Crippen molar-refractivity contribution in [3.8, 4) is 0 Å². The van der Waals surface area contributed by atoms with Crippen LogP contribution in [0, 0.1) is 5.41 Å². The number of hydrogen-bond donors (Lipinski definition) is 0. The van der Waals surface area contributed by atoms with Crippen molar-refractivity contribution in [2.45, 2.75) is 19.4 Å². The van der Waals surface area contributed by atoms with Gasteiger partial charge in [-0.05, 0) is 6.42 Å². The van der Waals surface area contributed by atoms with Gasteiger partial charge >= 0.3 is 0 Å². The molecule has 0 aromatic heterocycles. The van der Waals surface area contributed by atoms with Crippen LogP contribution in [0.2, 0.25) is 0 Å². The molecule has 2 aliphatic heterocycles. The van der Waals surface area contributed by atoms with Crippen LogP contribution in [0.1, 0.15) is 13.3 Å². The molecular formula is C7H12O2. The average molecular weight is 128 g/mol. The maximum absolute atomic E-state index is 5.36. The molecule has 2 heterocycles. The molecule has 0 radical (unpaired) electrons. The van der Waals surface area contributed by atoms with E-state index in [-0.39, 0.29) is 0 Å². The van der Waals surface area contributed by atoms with Crippen molar-refractivity contribution in [2.75, 3.05) is 19.8 Å². The Morgan fingerprint density at radius 3 is 2.22 bits per heavy atom. The first kappa shape index (κ1) is 5.69. The molecule has 0 N–H and O–H groups in total. The Labute approximate surface area is 55.1 Å². The zero-order valence-corrected chi connectivity index (χ0v) is 5.72. The molecule has 0 saturated carbocycles. The molecule has 1 unspecified atom stereocenters. The monoisotopic (exact) mass is 128 g/mol. The van der Waals surface area contributed by atoms with Gasteiger partial charge in [0.2, 0.25) is 0 Å². The Hall–Kier alpha value is -0.0800. The highest BCUT2D eigenvalue weighted by Crippen LogP contribution is 2.37. The minimum absolute atomic E-state index is 0.373. The van der Waals surface area contributed by atoms with Crippen molar-refractivity contribution >= 4 is 0 Å². The summed E-state index contributed by atoms with van der Waals surface area (Å²) >= 11 is 0. The Morgan fingerprint density at radius 2 is 2.11 bits per heavy atom. The second-order valence-electron chi connectivity index (χ2n) is 3.29. The topological polar surface area (TPSA) is 18.5 Å². The quantitative estimate of drug-likeness (QED) is 0.520. The fraction of sp³-hybridized carbons (Fsp3) is 1.00. The van der Waals surface area contributed by atoms with Gasteiger partial charge in [0.25, 0.3) is 0 Å². The van der Waals surface area contributed by atoms with Gasteiger partial charge in [0.1, 0.15) is 0 Å². The molecule has 2 heteroatoms. The fourth-order valence-corrected chi connectivity index (χ4v) is 1.40. The van der Waals surface area contributed by atoms with E-state index in [0.29, 0.717) is 11.5 Å². The molecular weight excluding hydrogens is 116 g/mol. The Balaban J connectivity index is 1.94. The molecule has 0 bridgehead atoms. The smallest absolute Gasteiger partial charge is 0.0694 e. The molecule has 0 spiro atoms. The Kier molecular flexibility index (Phi) is 1.08. The fourth-order valence-electron chi connectivity index (χ4n) is 1.40. The van der Waals surface area contributed by atoms with Crippen molar-refractivity contribution in [2.24, 2.45) is 5.41 Å². The highest BCUT2D eigenvalue weighted by molar-refractivity contribution is 4.91. The van der Waals surface area contributed by atoms with Crippen molar-refractivity contribution in [3.05, 3.63) is 0 Å². The Bertz CT molecular complexity index is 114. The van der Waals surface area contributed by atoms with Crippen LogP contribution in [0.3, 0.4) is 0 Å². The lowest BCUT2D eigenvalue weighted by Gasteiger charge is -2.47.